The molecule has 12 atom stereocenters. The van der Waals surface area contributed by atoms with Crippen LogP contribution in [-0.4, -0.2) is 158 Å². The number of aryl methyl sites for hydroxylation is 2. The number of carbonyl (C=O) groups excluding carboxylic acids is 4. The number of aromatic nitrogens is 8. The summed E-state index contributed by atoms with van der Waals surface area (Å²) in [5, 5.41) is 36.4. The number of hydrogen-bond donors (Lipinski definition) is 8. The smallest absolute Gasteiger partial charge is 1.00 e. The van der Waals surface area contributed by atoms with E-state index in [1.54, 1.807) is 29.9 Å². The van der Waals surface area contributed by atoms with Crippen LogP contribution in [0.3, 0.4) is 0 Å². The number of alkyl halides is 1. The fourth-order valence-corrected chi connectivity index (χ4v) is 9.45. The molecular weight excluding hydrogens is 1250 g/mol. The molecule has 4 aliphatic heterocycles. The third kappa shape index (κ3) is 22.6. The van der Waals surface area contributed by atoms with Gasteiger partial charge in [0.1, 0.15) is 49.3 Å². The van der Waals surface area contributed by atoms with E-state index >= 15 is 0 Å². The molecule has 0 bridgehead atoms. The van der Waals surface area contributed by atoms with Gasteiger partial charge in [0.15, 0.2) is 0 Å². The van der Waals surface area contributed by atoms with E-state index in [9.17, 15) is 57.8 Å². The van der Waals surface area contributed by atoms with Gasteiger partial charge in [-0.25, -0.2) is 19.2 Å². The van der Waals surface area contributed by atoms with Crippen LogP contribution >= 0.6 is 15.9 Å². The number of hydrogen-bond acceptors (Lipinski definition) is 25. The van der Waals surface area contributed by atoms with Gasteiger partial charge in [-0.3, -0.25) is 76.6 Å². The quantitative estimate of drug-likeness (QED) is 0.0111. The van der Waals surface area contributed by atoms with Crippen LogP contribution in [0.4, 0.5) is 0 Å². The molecule has 0 amide bonds. The van der Waals surface area contributed by atoms with Crippen molar-refractivity contribution in [2.24, 2.45) is 0 Å². The standard InChI is InChI=1S/C13H17BrN2O5.C13H18N2O6.C13H18N2O5.C10H14N2O5.CH2O3.Al.B.HN.Na/c1-3-9-10(20-7(2)17)4-11(21-9)16-6-8(5-14)12(18)15-13(16)19;1-3-9-10(20-7(2)17)4-11(21-9)15-5-8(6-16)12(18)14-13(15)19;1-4-9-10(19-8(3)16)5-11(20-9)15-6-7(2)12(17)14-13(15)18;1-5-3-12(10(16)11-9(5)15)8-2-6(14)7(4-13)17-8;2-1-4-3;;;;/h6,9-11H,3-5H2,1-2H3,(H,15,18,19);5,9-11,16H,3-4,6H2,1-2H3,(H,14,18,19);6,9-11H,4-5H2,1-3H3,(H,14,17,18);3,6-8,13-14H,2,4H2,1H3,(H,11,15,16);1,3H;;;1H;/q;;;;;;;;+1/p-1/t3*9-,10+,11?;6-,7+,8?;;;;;/m1110...../s1. The number of carbonyl (C=O) groups is 4. The third-order valence-electron chi connectivity index (χ3n) is 13.1. The Bertz CT molecular complexity index is 3280. The molecule has 8 rings (SSSR count). The number of aromatic amines is 4. The average molecular weight is 1320 g/mol. The van der Waals surface area contributed by atoms with Crippen molar-refractivity contribution in [2.75, 3.05) is 6.61 Å². The van der Waals surface area contributed by atoms with E-state index in [2.05, 4.69) is 40.8 Å². The summed E-state index contributed by atoms with van der Waals surface area (Å²) in [5.74, 6) is -1.16. The molecule has 37 heteroatoms. The minimum atomic E-state index is -0.816. The molecule has 4 aromatic heterocycles. The van der Waals surface area contributed by atoms with Crippen LogP contribution in [0, 0.1) is 18.2 Å². The molecule has 0 spiro atoms. The van der Waals surface area contributed by atoms with Gasteiger partial charge >= 0.3 is 90.7 Å². The number of esters is 3. The van der Waals surface area contributed by atoms with Crippen molar-refractivity contribution in [1.82, 2.24) is 38.2 Å². The summed E-state index contributed by atoms with van der Waals surface area (Å²) in [5.41, 5.74) is -2.85. The number of halogens is 1. The number of H-pyrrole nitrogens is 4. The normalized spacial score (nSPS) is 23.8. The predicted octanol–water partition coefficient (Wildman–Crippen LogP) is -5.35. The van der Waals surface area contributed by atoms with E-state index in [0.717, 1.165) is 0 Å². The second-order valence-corrected chi connectivity index (χ2v) is 19.5. The van der Waals surface area contributed by atoms with Crippen LogP contribution in [0.2, 0.25) is 0 Å². The van der Waals surface area contributed by atoms with E-state index in [1.165, 1.54) is 63.8 Å². The van der Waals surface area contributed by atoms with Crippen LogP contribution in [0.25, 0.3) is 0 Å². The summed E-state index contributed by atoms with van der Waals surface area (Å²) in [6.07, 6.45) is 2.94. The molecule has 87 heavy (non-hydrogen) atoms. The van der Waals surface area contributed by atoms with E-state index in [4.69, 9.17) is 57.8 Å². The molecular formula is C50H69AlBBrN9NaO24. The molecule has 4 aromatic rings. The Morgan fingerprint density at radius 3 is 1.16 bits per heavy atom. The Morgan fingerprint density at radius 1 is 0.598 bits per heavy atom. The zero-order valence-corrected chi connectivity index (χ0v) is 53.9. The number of rotatable bonds is 14. The van der Waals surface area contributed by atoms with Crippen molar-refractivity contribution in [1.29, 1.82) is 4.35 Å². The van der Waals surface area contributed by atoms with Crippen molar-refractivity contribution in [3.63, 3.8) is 0 Å². The molecule has 33 nitrogen and oxygen atoms in total. The van der Waals surface area contributed by atoms with Gasteiger partial charge in [0.05, 0.1) is 43.2 Å². The Labute approximate surface area is 534 Å². The molecule has 472 valence electrons. The van der Waals surface area contributed by atoms with Crippen molar-refractivity contribution < 1.29 is 107 Å². The molecule has 0 aliphatic carbocycles. The van der Waals surface area contributed by atoms with Crippen molar-refractivity contribution >= 4 is 64.8 Å². The second kappa shape index (κ2) is 38.5. The maximum absolute atomic E-state index is 11.9. The molecule has 4 radical (unpaired) electrons. The second-order valence-electron chi connectivity index (χ2n) is 19.0. The van der Waals surface area contributed by atoms with Crippen LogP contribution in [0.5, 0.6) is 0 Å². The number of aliphatic hydroxyl groups is 3. The van der Waals surface area contributed by atoms with Crippen LogP contribution in [0.15, 0.2) is 63.1 Å². The zero-order valence-electron chi connectivity index (χ0n) is 49.1. The monoisotopic (exact) mass is 1320 g/mol. The van der Waals surface area contributed by atoms with Gasteiger partial charge in [-0.05, 0) is 33.1 Å². The summed E-state index contributed by atoms with van der Waals surface area (Å²) in [6, 6.07) is 0. The van der Waals surface area contributed by atoms with Crippen LogP contribution < -0.4 is 79.8 Å². The van der Waals surface area contributed by atoms with Gasteiger partial charge in [0.25, 0.3) is 28.7 Å². The summed E-state index contributed by atoms with van der Waals surface area (Å²) in [7, 11) is 0. The first kappa shape index (κ1) is 79.2. The third-order valence-corrected chi connectivity index (χ3v) is 13.7. The number of ether oxygens (including phenoxy) is 7. The number of aliphatic hydroxyl groups excluding tert-OH is 3. The van der Waals surface area contributed by atoms with Gasteiger partial charge in [-0.2, -0.15) is 0 Å². The average Bonchev–Trinajstić information content (AvgIpc) is 3.41. The fourth-order valence-electron chi connectivity index (χ4n) is 9.05. The minimum absolute atomic E-state index is 0. The largest absolute Gasteiger partial charge is 1.00 e. The van der Waals surface area contributed by atoms with Crippen LogP contribution in [0.1, 0.15) is 134 Å². The van der Waals surface area contributed by atoms with Gasteiger partial charge in [0, 0.05) is 102 Å². The summed E-state index contributed by atoms with van der Waals surface area (Å²) in [6.45, 7) is 11.9. The topological polar surface area (TPSA) is 469 Å². The van der Waals surface area contributed by atoms with Gasteiger partial charge in [0.2, 0.25) is 0 Å². The van der Waals surface area contributed by atoms with Gasteiger partial charge in [-0.15, -0.1) is 0 Å². The Balaban J connectivity index is 0.000000559. The fraction of sp³-hybridized carbons (Fsp3) is 0.600. The molecule has 4 unspecified atom stereocenters. The maximum Gasteiger partial charge on any atom is 1.00 e. The number of nitrogens with one attached hydrogen (secondary N) is 5. The molecule has 4 fully saturated rings. The van der Waals surface area contributed by atoms with Crippen LogP contribution in [-0.2, 0) is 69.2 Å². The van der Waals surface area contributed by atoms with E-state index in [0.29, 0.717) is 60.5 Å². The molecule has 4 aliphatic rings. The zero-order chi connectivity index (χ0) is 64.0. The summed E-state index contributed by atoms with van der Waals surface area (Å²) >= 11 is 4.87. The van der Waals surface area contributed by atoms with Crippen molar-refractivity contribution in [2.45, 2.75) is 186 Å². The Kier molecular flexibility index (Phi) is 35.1. The van der Waals surface area contributed by atoms with Crippen molar-refractivity contribution in [3.8, 4) is 0 Å². The molecule has 8 heterocycles. The molecule has 8 N–H and O–H groups in total. The predicted molar refractivity (Wildman–Crippen MR) is 299 cm³/mol. The summed E-state index contributed by atoms with van der Waals surface area (Å²) in [4.78, 5) is 146. The van der Waals surface area contributed by atoms with Crippen molar-refractivity contribution in [3.05, 3.63) is 130 Å². The van der Waals surface area contributed by atoms with E-state index < -0.39 is 101 Å². The first-order valence-corrected chi connectivity index (χ1v) is 27.9. The minimum Gasteiger partial charge on any atom is 1.00 e. The van der Waals surface area contributed by atoms with E-state index in [1.807, 2.05) is 20.8 Å². The van der Waals surface area contributed by atoms with E-state index in [-0.39, 0.29) is 105 Å². The molecule has 4 saturated heterocycles. The first-order chi connectivity index (χ1) is 40.3. The van der Waals surface area contributed by atoms with Gasteiger partial charge < -0.3 is 58.6 Å². The van der Waals surface area contributed by atoms with Gasteiger partial charge in [-0.1, -0.05) is 36.7 Å². The molecule has 0 aromatic carbocycles. The summed E-state index contributed by atoms with van der Waals surface area (Å²) < 4.78 is 49.0. The Morgan fingerprint density at radius 2 is 0.885 bits per heavy atom. The molecule has 0 saturated carbocycles. The Hall–Kier alpha value is -5.84. The SMILES string of the molecule is CC[C@H]1OC(n2cc(C)c(=O)[nH]c2=O)C[C@@H]1OC(C)=O.CC[C@H]1OC(n2cc(CBr)c(=O)[nH]c2=O)C[C@@H]1OC(C)=O.CC[C@H]1OC(n2cc(CO)c(=O)[nH]c2=O)C[C@@H]1OC(C)=O.Cc1cn(C2C[C@H](O)[C@@H](CO)O2)c(=O)[nH]c1=O.O=CO[O-].[B].[NH]=[Al].[Na+]. The maximum atomic E-state index is 11.9. The number of nitrogens with zero attached hydrogens (tertiary/aromatic N) is 4. The first-order valence-electron chi connectivity index (χ1n) is 26.2.